The summed E-state index contributed by atoms with van der Waals surface area (Å²) in [4.78, 5) is 74.3. The number of benzene rings is 1. The zero-order chi connectivity index (χ0) is 37.5. The van der Waals surface area contributed by atoms with Crippen molar-refractivity contribution in [2.75, 3.05) is 13.1 Å². The van der Waals surface area contributed by atoms with Crippen LogP contribution in [0.5, 0.6) is 0 Å². The predicted molar refractivity (Wildman–Crippen MR) is 193 cm³/mol. The molecule has 3 fully saturated rings. The molecule has 2 aliphatic carbocycles. The summed E-state index contributed by atoms with van der Waals surface area (Å²) in [7, 11) is -3.89. The highest BCUT2D eigenvalue weighted by molar-refractivity contribution is 7.91. The Bertz CT molecular complexity index is 1770. The topological polar surface area (TPSA) is 162 Å². The van der Waals surface area contributed by atoms with Crippen LogP contribution in [0.25, 0.3) is 6.08 Å². The van der Waals surface area contributed by atoms with E-state index in [0.29, 0.717) is 32.5 Å². The van der Waals surface area contributed by atoms with Gasteiger partial charge in [0.25, 0.3) is 5.91 Å². The van der Waals surface area contributed by atoms with Crippen molar-refractivity contribution in [2.45, 2.75) is 115 Å². The van der Waals surface area contributed by atoms with Gasteiger partial charge >= 0.3 is 6.09 Å². The summed E-state index contributed by atoms with van der Waals surface area (Å²) in [6.45, 7) is 12.5. The minimum atomic E-state index is -3.89. The Morgan fingerprint density at radius 3 is 2.50 bits per heavy atom. The molecule has 0 unspecified atom stereocenters. The van der Waals surface area contributed by atoms with Gasteiger partial charge in [-0.1, -0.05) is 50.3 Å². The molecule has 14 heteroatoms. The summed E-state index contributed by atoms with van der Waals surface area (Å²) in [6.07, 6.45) is 6.67. The third-order valence-corrected chi connectivity index (χ3v) is 13.0. The van der Waals surface area contributed by atoms with Crippen molar-refractivity contribution in [3.63, 3.8) is 0 Å². The fraction of sp³-hybridized carbons (Fsp3) is 0.605. The molecule has 4 bridgehead atoms. The Balaban J connectivity index is 1.29. The second-order valence-corrected chi connectivity index (χ2v) is 17.5. The third kappa shape index (κ3) is 7.62. The van der Waals surface area contributed by atoms with E-state index in [2.05, 4.69) is 28.8 Å². The van der Waals surface area contributed by atoms with Crippen LogP contribution in [0.4, 0.5) is 4.79 Å². The molecule has 1 saturated heterocycles. The minimum absolute atomic E-state index is 0.0359. The van der Waals surface area contributed by atoms with Crippen molar-refractivity contribution in [3.8, 4) is 0 Å². The lowest BCUT2D eigenvalue weighted by Gasteiger charge is -2.33. The van der Waals surface area contributed by atoms with Gasteiger partial charge in [0.2, 0.25) is 27.7 Å². The van der Waals surface area contributed by atoms with Crippen LogP contribution < -0.4 is 10.0 Å². The minimum Gasteiger partial charge on any atom is -0.444 e. The first kappa shape index (κ1) is 37.6. The molecule has 5 amide bonds. The highest BCUT2D eigenvalue weighted by atomic mass is 32.2. The number of amides is 5. The molecule has 0 aromatic heterocycles. The number of sulfonamides is 1. The number of allylic oxidation sites excluding steroid dienone is 1. The van der Waals surface area contributed by atoms with E-state index in [0.717, 1.165) is 29.5 Å². The average Bonchev–Trinajstić information content (AvgIpc) is 3.98. The maximum atomic E-state index is 14.5. The molecule has 3 heterocycles. The second kappa shape index (κ2) is 14.7. The van der Waals surface area contributed by atoms with E-state index in [1.807, 2.05) is 45.9 Å². The van der Waals surface area contributed by atoms with Gasteiger partial charge in [-0.3, -0.25) is 28.8 Å². The molecule has 13 nitrogen and oxygen atoms in total. The number of fused-ring (bicyclic) bond motifs is 3. The van der Waals surface area contributed by atoms with E-state index in [4.69, 9.17) is 4.74 Å². The number of ether oxygens (including phenoxy) is 1. The van der Waals surface area contributed by atoms with E-state index in [-0.39, 0.29) is 43.7 Å². The first-order valence-electron chi connectivity index (χ1n) is 18.5. The molecule has 6 rings (SSSR count). The monoisotopic (exact) mass is 737 g/mol. The summed E-state index contributed by atoms with van der Waals surface area (Å²) < 4.78 is 33.5. The maximum absolute atomic E-state index is 14.5. The smallest absolute Gasteiger partial charge is 0.410 e. The number of nitrogens with zero attached hydrogens (tertiary/aromatic N) is 3. The van der Waals surface area contributed by atoms with E-state index < -0.39 is 68.6 Å². The van der Waals surface area contributed by atoms with Gasteiger partial charge in [0, 0.05) is 43.8 Å². The molecule has 1 aromatic rings. The third-order valence-electron chi connectivity index (χ3n) is 11.2. The van der Waals surface area contributed by atoms with Gasteiger partial charge in [0.1, 0.15) is 17.7 Å². The van der Waals surface area contributed by atoms with E-state index in [1.165, 1.54) is 11.0 Å². The molecule has 2 saturated carbocycles. The summed E-state index contributed by atoms with van der Waals surface area (Å²) in [5.74, 6) is -3.64. The molecule has 3 aliphatic heterocycles. The van der Waals surface area contributed by atoms with Crippen LogP contribution in [0, 0.1) is 17.8 Å². The molecular formula is C38H51N5O8S. The van der Waals surface area contributed by atoms with Crippen molar-refractivity contribution in [1.82, 2.24) is 24.7 Å². The Kier molecular flexibility index (Phi) is 10.6. The number of carbonyl (C=O) groups excluding carboxylic acids is 5. The Morgan fingerprint density at radius 1 is 1.10 bits per heavy atom. The highest BCUT2D eigenvalue weighted by Gasteiger charge is 2.62. The fourth-order valence-electron chi connectivity index (χ4n) is 7.73. The van der Waals surface area contributed by atoms with Gasteiger partial charge in [-0.25, -0.2) is 13.2 Å². The number of nitrogens with one attached hydrogen (secondary N) is 2. The standard InChI is InChI=1S/C38H51N5O8S/c1-6-27-19-38(27,36(47)40-52(49,50)29-14-15-29)39-34(45)32-17-28-21-43(32)35(46)30(23(2)3)18-33(44)42(24(4)5)16-9-7-8-11-25-12-10-13-26-20-41(22-31(25)26)37(48)51-28/h6,8,10-13,23-24,27-30,32H,1,7,9,14-22H2,2-5H3,(H,39,45)(H,40,47)/b11-8+/t27-,28-,30+,32+,38-/m1/s1. The first-order chi connectivity index (χ1) is 24.6. The summed E-state index contributed by atoms with van der Waals surface area (Å²) in [5.41, 5.74) is 1.51. The van der Waals surface area contributed by atoms with Crippen LogP contribution >= 0.6 is 0 Å². The van der Waals surface area contributed by atoms with Gasteiger partial charge in [-0.15, -0.1) is 6.58 Å². The normalized spacial score (nSPS) is 29.0. The molecule has 282 valence electrons. The number of hydrogen-bond donors (Lipinski definition) is 2. The van der Waals surface area contributed by atoms with Gasteiger partial charge in [-0.05, 0) is 68.6 Å². The summed E-state index contributed by atoms with van der Waals surface area (Å²) in [5, 5.41) is 2.14. The largest absolute Gasteiger partial charge is 0.444 e. The van der Waals surface area contributed by atoms with Crippen molar-refractivity contribution in [1.29, 1.82) is 0 Å². The van der Waals surface area contributed by atoms with Crippen molar-refractivity contribution >= 4 is 45.8 Å². The predicted octanol–water partition coefficient (Wildman–Crippen LogP) is 3.48. The van der Waals surface area contributed by atoms with Gasteiger partial charge in [0.15, 0.2) is 0 Å². The number of rotatable bonds is 8. The quantitative estimate of drug-likeness (QED) is 0.384. The van der Waals surface area contributed by atoms with Crippen molar-refractivity contribution in [3.05, 3.63) is 53.6 Å². The highest BCUT2D eigenvalue weighted by Crippen LogP contribution is 2.45. The Morgan fingerprint density at radius 2 is 1.85 bits per heavy atom. The molecular weight excluding hydrogens is 687 g/mol. The molecule has 5 aliphatic rings. The van der Waals surface area contributed by atoms with E-state index in [9.17, 15) is 32.4 Å². The van der Waals surface area contributed by atoms with E-state index >= 15 is 0 Å². The van der Waals surface area contributed by atoms with Crippen LogP contribution in [-0.2, 0) is 47.0 Å². The lowest BCUT2D eigenvalue weighted by Crippen LogP contribution is -2.57. The molecule has 1 aromatic carbocycles. The lowest BCUT2D eigenvalue weighted by atomic mass is 9.90. The lowest BCUT2D eigenvalue weighted by molar-refractivity contribution is -0.147. The van der Waals surface area contributed by atoms with Crippen LogP contribution in [-0.4, -0.2) is 94.9 Å². The molecule has 0 spiro atoms. The number of hydrogen-bond acceptors (Lipinski definition) is 8. The average molecular weight is 738 g/mol. The zero-order valence-corrected chi connectivity index (χ0v) is 31.3. The molecule has 2 N–H and O–H groups in total. The van der Waals surface area contributed by atoms with Crippen LogP contribution in [0.1, 0.15) is 89.3 Å². The molecule has 52 heavy (non-hydrogen) atoms. The van der Waals surface area contributed by atoms with Crippen LogP contribution in [0.15, 0.2) is 36.9 Å². The molecule has 5 atom stereocenters. The van der Waals surface area contributed by atoms with Crippen LogP contribution in [0.3, 0.4) is 0 Å². The fourth-order valence-corrected chi connectivity index (χ4v) is 9.10. The van der Waals surface area contributed by atoms with Crippen LogP contribution in [0.2, 0.25) is 0 Å². The Labute approximate surface area is 306 Å². The zero-order valence-electron chi connectivity index (χ0n) is 30.5. The summed E-state index contributed by atoms with van der Waals surface area (Å²) >= 11 is 0. The van der Waals surface area contributed by atoms with Gasteiger partial charge in [-0.2, -0.15) is 0 Å². The number of carbonyl (C=O) groups is 5. The molecule has 0 radical (unpaired) electrons. The van der Waals surface area contributed by atoms with Gasteiger partial charge < -0.3 is 19.9 Å². The first-order valence-corrected chi connectivity index (χ1v) is 20.0. The summed E-state index contributed by atoms with van der Waals surface area (Å²) in [6, 6.07) is 4.72. The Hall–Kier alpha value is -4.20. The maximum Gasteiger partial charge on any atom is 0.410 e. The van der Waals surface area contributed by atoms with Crippen molar-refractivity contribution in [2.24, 2.45) is 17.8 Å². The van der Waals surface area contributed by atoms with Gasteiger partial charge in [0.05, 0.1) is 18.3 Å². The second-order valence-electron chi connectivity index (χ2n) is 15.6. The van der Waals surface area contributed by atoms with E-state index in [1.54, 1.807) is 9.80 Å². The SMILES string of the molecule is C=C[C@@H]1C[C@]1(NC(=O)[C@@H]1C[C@@H]2CN1C(=O)[C@H](C(C)C)CC(=O)N(C(C)C)CCC/C=C/c1cccc3c1CN(C3)C(=O)O2)C(=O)NS(=O)(=O)C1CC1. The van der Waals surface area contributed by atoms with Crippen molar-refractivity contribution < 1.29 is 37.1 Å².